The Morgan fingerprint density at radius 3 is 2.80 bits per heavy atom. The molecule has 0 spiro atoms. The first-order chi connectivity index (χ1) is 4.68. The van der Waals surface area contributed by atoms with Crippen LogP contribution in [0.25, 0.3) is 0 Å². The number of rotatable bonds is 2. The van der Waals surface area contributed by atoms with Gasteiger partial charge in [0.1, 0.15) is 5.78 Å². The molecular formula is C5H7N3O2. The molecule has 1 heterocycles. The Kier molecular flexibility index (Phi) is 1.66. The van der Waals surface area contributed by atoms with Gasteiger partial charge in [0.15, 0.2) is 0 Å². The normalized spacial score (nSPS) is 9.70. The highest BCUT2D eigenvalue weighted by molar-refractivity contribution is 5.77. The summed E-state index contributed by atoms with van der Waals surface area (Å²) in [6.07, 6.45) is 0.157. The monoisotopic (exact) mass is 141 g/mol. The predicted octanol–water partition coefficient (Wildman–Crippen LogP) is -0.217. The number of ketones is 1. The van der Waals surface area contributed by atoms with Gasteiger partial charge in [0, 0.05) is 0 Å². The van der Waals surface area contributed by atoms with Crippen molar-refractivity contribution in [3.63, 3.8) is 0 Å². The van der Waals surface area contributed by atoms with E-state index in [1.807, 2.05) is 0 Å². The van der Waals surface area contributed by atoms with Gasteiger partial charge in [-0.2, -0.15) is 0 Å². The second-order valence-corrected chi connectivity index (χ2v) is 1.91. The number of carbonyl (C=O) groups is 1. The first kappa shape index (κ1) is 6.73. The predicted molar refractivity (Wildman–Crippen MR) is 33.1 cm³/mol. The summed E-state index contributed by atoms with van der Waals surface area (Å²) in [5.74, 6) is 0.244. The third kappa shape index (κ3) is 1.54. The van der Waals surface area contributed by atoms with Crippen LogP contribution in [0.5, 0.6) is 0 Å². The van der Waals surface area contributed by atoms with Gasteiger partial charge in [0.05, 0.1) is 6.42 Å². The van der Waals surface area contributed by atoms with Gasteiger partial charge < -0.3 is 10.2 Å². The van der Waals surface area contributed by atoms with Crippen molar-refractivity contribution in [3.8, 4) is 0 Å². The number of Topliss-reactive ketones (excluding diaryl/α,β-unsaturated/α-hetero) is 1. The van der Waals surface area contributed by atoms with E-state index in [1.54, 1.807) is 0 Å². The molecule has 1 aromatic heterocycles. The van der Waals surface area contributed by atoms with Gasteiger partial charge in [-0.3, -0.25) is 4.79 Å². The number of aromatic nitrogens is 2. The van der Waals surface area contributed by atoms with Gasteiger partial charge in [0.25, 0.3) is 0 Å². The number of hydrogen-bond donors (Lipinski definition) is 1. The second-order valence-electron chi connectivity index (χ2n) is 1.91. The summed E-state index contributed by atoms with van der Waals surface area (Å²) < 4.78 is 4.73. The van der Waals surface area contributed by atoms with Crippen LogP contribution in [-0.4, -0.2) is 16.0 Å². The van der Waals surface area contributed by atoms with E-state index in [4.69, 9.17) is 10.2 Å². The Balaban J connectivity index is 2.67. The number of anilines is 1. The molecular weight excluding hydrogens is 134 g/mol. The molecule has 5 nitrogen and oxygen atoms in total. The van der Waals surface area contributed by atoms with Crippen molar-refractivity contribution in [1.29, 1.82) is 0 Å². The number of nitrogens with two attached hydrogens (primary N) is 1. The molecule has 0 bridgehead atoms. The van der Waals surface area contributed by atoms with Crippen LogP contribution in [-0.2, 0) is 11.2 Å². The molecule has 0 aliphatic carbocycles. The molecule has 54 valence electrons. The summed E-state index contributed by atoms with van der Waals surface area (Å²) in [7, 11) is 0. The molecule has 0 atom stereocenters. The molecule has 0 unspecified atom stereocenters. The maximum Gasteiger partial charge on any atom is 0.312 e. The summed E-state index contributed by atoms with van der Waals surface area (Å²) in [5, 5.41) is 6.87. The van der Waals surface area contributed by atoms with Crippen LogP contribution in [0.2, 0.25) is 0 Å². The average Bonchev–Trinajstić information content (AvgIpc) is 2.13. The Morgan fingerprint density at radius 2 is 2.40 bits per heavy atom. The van der Waals surface area contributed by atoms with Crippen LogP contribution >= 0.6 is 0 Å². The van der Waals surface area contributed by atoms with Crippen molar-refractivity contribution in [2.24, 2.45) is 0 Å². The van der Waals surface area contributed by atoms with E-state index in [1.165, 1.54) is 6.92 Å². The lowest BCUT2D eigenvalue weighted by molar-refractivity contribution is -0.116. The van der Waals surface area contributed by atoms with Gasteiger partial charge in [0.2, 0.25) is 5.89 Å². The van der Waals surface area contributed by atoms with Crippen LogP contribution in [0.3, 0.4) is 0 Å². The molecule has 2 N–H and O–H groups in total. The van der Waals surface area contributed by atoms with Crippen molar-refractivity contribution in [2.45, 2.75) is 13.3 Å². The summed E-state index contributed by atoms with van der Waals surface area (Å²) in [6.45, 7) is 1.44. The topological polar surface area (TPSA) is 82.0 Å². The molecule has 10 heavy (non-hydrogen) atoms. The molecule has 0 aliphatic rings. The Labute approximate surface area is 57.2 Å². The first-order valence-corrected chi connectivity index (χ1v) is 2.76. The van der Waals surface area contributed by atoms with E-state index in [0.717, 1.165) is 0 Å². The highest BCUT2D eigenvalue weighted by Crippen LogP contribution is 2.00. The van der Waals surface area contributed by atoms with Crippen LogP contribution < -0.4 is 5.73 Å². The molecule has 0 saturated carbocycles. The molecule has 1 rings (SSSR count). The third-order valence-electron chi connectivity index (χ3n) is 0.883. The van der Waals surface area contributed by atoms with E-state index < -0.39 is 0 Å². The Hall–Kier alpha value is -1.39. The zero-order chi connectivity index (χ0) is 7.56. The van der Waals surface area contributed by atoms with Crippen molar-refractivity contribution in [3.05, 3.63) is 5.89 Å². The molecule has 0 fully saturated rings. The summed E-state index contributed by atoms with van der Waals surface area (Å²) in [6, 6.07) is -0.00347. The van der Waals surface area contributed by atoms with Gasteiger partial charge in [-0.15, -0.1) is 5.10 Å². The van der Waals surface area contributed by atoms with Crippen LogP contribution in [0.1, 0.15) is 12.8 Å². The van der Waals surface area contributed by atoms with Crippen LogP contribution in [0.15, 0.2) is 4.42 Å². The lowest BCUT2D eigenvalue weighted by Gasteiger charge is -1.83. The number of carbonyl (C=O) groups excluding carboxylic acids is 1. The van der Waals surface area contributed by atoms with Gasteiger partial charge in [-0.1, -0.05) is 5.10 Å². The first-order valence-electron chi connectivity index (χ1n) is 2.76. The Bertz CT molecular complexity index is 243. The Morgan fingerprint density at radius 1 is 1.70 bits per heavy atom. The highest BCUT2D eigenvalue weighted by atomic mass is 16.4. The SMILES string of the molecule is CC(=O)Cc1nnc(N)o1. The van der Waals surface area contributed by atoms with Crippen LogP contribution in [0.4, 0.5) is 6.01 Å². The zero-order valence-corrected chi connectivity index (χ0v) is 5.50. The summed E-state index contributed by atoms with van der Waals surface area (Å²) >= 11 is 0. The number of nitrogen functional groups attached to an aromatic ring is 1. The maximum absolute atomic E-state index is 10.5. The second kappa shape index (κ2) is 2.47. The quantitative estimate of drug-likeness (QED) is 0.615. The fraction of sp³-hybridized carbons (Fsp3) is 0.400. The molecule has 0 aromatic carbocycles. The molecule has 0 aliphatic heterocycles. The molecule has 5 heteroatoms. The molecule has 0 saturated heterocycles. The minimum absolute atomic E-state index is 0.00347. The van der Waals surface area contributed by atoms with E-state index >= 15 is 0 Å². The van der Waals surface area contributed by atoms with Crippen molar-refractivity contribution in [1.82, 2.24) is 10.2 Å². The number of hydrogen-bond acceptors (Lipinski definition) is 5. The summed E-state index contributed by atoms with van der Waals surface area (Å²) in [5.41, 5.74) is 5.10. The van der Waals surface area contributed by atoms with E-state index in [0.29, 0.717) is 0 Å². The largest absolute Gasteiger partial charge is 0.408 e. The lowest BCUT2D eigenvalue weighted by Crippen LogP contribution is -1.95. The fourth-order valence-electron chi connectivity index (χ4n) is 0.551. The van der Waals surface area contributed by atoms with Crippen LogP contribution in [0, 0.1) is 0 Å². The van der Waals surface area contributed by atoms with Gasteiger partial charge in [-0.05, 0) is 6.92 Å². The van der Waals surface area contributed by atoms with E-state index in [9.17, 15) is 4.79 Å². The van der Waals surface area contributed by atoms with E-state index in [-0.39, 0.29) is 24.1 Å². The van der Waals surface area contributed by atoms with Crippen molar-refractivity contribution >= 4 is 11.8 Å². The lowest BCUT2D eigenvalue weighted by atomic mass is 10.3. The molecule has 1 aromatic rings. The fourth-order valence-corrected chi connectivity index (χ4v) is 0.551. The van der Waals surface area contributed by atoms with Crippen molar-refractivity contribution < 1.29 is 9.21 Å². The van der Waals surface area contributed by atoms with Gasteiger partial charge >= 0.3 is 6.01 Å². The minimum atomic E-state index is -0.0244. The number of nitrogens with zero attached hydrogens (tertiary/aromatic N) is 2. The molecule has 0 radical (unpaired) electrons. The average molecular weight is 141 g/mol. The van der Waals surface area contributed by atoms with Crippen molar-refractivity contribution in [2.75, 3.05) is 5.73 Å². The highest BCUT2D eigenvalue weighted by Gasteiger charge is 2.04. The zero-order valence-electron chi connectivity index (χ0n) is 5.50. The maximum atomic E-state index is 10.5. The van der Waals surface area contributed by atoms with Gasteiger partial charge in [-0.25, -0.2) is 0 Å². The smallest absolute Gasteiger partial charge is 0.312 e. The summed E-state index contributed by atoms with van der Waals surface area (Å²) in [4.78, 5) is 10.5. The third-order valence-corrected chi connectivity index (χ3v) is 0.883. The standard InChI is InChI=1S/C5H7N3O2/c1-3(9)2-4-7-8-5(6)10-4/h2H2,1H3,(H2,6,8). The molecule has 0 amide bonds. The minimum Gasteiger partial charge on any atom is -0.408 e. The van der Waals surface area contributed by atoms with E-state index in [2.05, 4.69) is 10.2 Å².